The lowest BCUT2D eigenvalue weighted by Gasteiger charge is -2.20. The molecule has 3 rings (SSSR count). The molecule has 128 valence electrons. The van der Waals surface area contributed by atoms with Gasteiger partial charge in [0.05, 0.1) is 11.8 Å². The maximum atomic E-state index is 12.5. The lowest BCUT2D eigenvalue weighted by Crippen LogP contribution is -2.35. The Hall–Kier alpha value is -1.32. The van der Waals surface area contributed by atoms with Crippen molar-refractivity contribution in [2.45, 2.75) is 64.2 Å². The van der Waals surface area contributed by atoms with E-state index in [0.717, 1.165) is 45.3 Å². The van der Waals surface area contributed by atoms with Gasteiger partial charge in [-0.25, -0.2) is 0 Å². The molecule has 0 radical (unpaired) electrons. The summed E-state index contributed by atoms with van der Waals surface area (Å²) in [6.07, 6.45) is 13.7. The maximum absolute atomic E-state index is 12.5. The molecule has 0 aromatic rings. The second-order valence-electron chi connectivity index (χ2n) is 7.34. The number of rotatable bonds is 5. The molecule has 23 heavy (non-hydrogen) atoms. The zero-order valence-corrected chi connectivity index (χ0v) is 14.2. The molecule has 2 amide bonds. The fourth-order valence-corrected chi connectivity index (χ4v) is 3.89. The molecular formula is C19H30N2O2. The molecule has 1 N–H and O–H groups in total. The summed E-state index contributed by atoms with van der Waals surface area (Å²) in [4.78, 5) is 26.7. The van der Waals surface area contributed by atoms with Gasteiger partial charge in [-0.1, -0.05) is 24.5 Å². The number of nitrogens with one attached hydrogen (secondary N) is 1. The van der Waals surface area contributed by atoms with Crippen LogP contribution in [0.2, 0.25) is 0 Å². The molecule has 0 spiro atoms. The zero-order chi connectivity index (χ0) is 16.1. The van der Waals surface area contributed by atoms with Crippen LogP contribution in [0.15, 0.2) is 11.6 Å². The third-order valence-electron chi connectivity index (χ3n) is 5.49. The molecule has 4 nitrogen and oxygen atoms in total. The second kappa shape index (κ2) is 7.98. The van der Waals surface area contributed by atoms with Crippen molar-refractivity contribution in [3.8, 4) is 0 Å². The molecule has 3 aliphatic rings. The van der Waals surface area contributed by atoms with Crippen LogP contribution in [0.1, 0.15) is 64.2 Å². The summed E-state index contributed by atoms with van der Waals surface area (Å²) in [5.41, 5.74) is 1.49. The van der Waals surface area contributed by atoms with Crippen molar-refractivity contribution in [2.24, 2.45) is 11.8 Å². The minimum absolute atomic E-state index is 0.0398. The number of hydrogen-bond donors (Lipinski definition) is 1. The van der Waals surface area contributed by atoms with Crippen molar-refractivity contribution in [3.05, 3.63) is 11.6 Å². The van der Waals surface area contributed by atoms with Crippen LogP contribution >= 0.6 is 0 Å². The van der Waals surface area contributed by atoms with Crippen molar-refractivity contribution < 1.29 is 9.59 Å². The zero-order valence-electron chi connectivity index (χ0n) is 14.2. The summed E-state index contributed by atoms with van der Waals surface area (Å²) < 4.78 is 0. The summed E-state index contributed by atoms with van der Waals surface area (Å²) in [5, 5.41) is 3.04. The predicted octanol–water partition coefficient (Wildman–Crippen LogP) is 3.03. The lowest BCUT2D eigenvalue weighted by molar-refractivity contribution is -0.134. The van der Waals surface area contributed by atoms with Crippen LogP contribution in [0.4, 0.5) is 0 Å². The van der Waals surface area contributed by atoms with Crippen molar-refractivity contribution in [2.75, 3.05) is 19.6 Å². The molecular weight excluding hydrogens is 288 g/mol. The molecule has 1 saturated heterocycles. The van der Waals surface area contributed by atoms with Gasteiger partial charge in [0, 0.05) is 19.6 Å². The summed E-state index contributed by atoms with van der Waals surface area (Å²) in [6, 6.07) is 0. The van der Waals surface area contributed by atoms with E-state index >= 15 is 0 Å². The molecule has 0 bridgehead atoms. The van der Waals surface area contributed by atoms with Crippen molar-refractivity contribution in [3.63, 3.8) is 0 Å². The van der Waals surface area contributed by atoms with Gasteiger partial charge in [0.1, 0.15) is 0 Å². The fourth-order valence-electron chi connectivity index (χ4n) is 3.89. The van der Waals surface area contributed by atoms with Gasteiger partial charge in [0.15, 0.2) is 0 Å². The van der Waals surface area contributed by atoms with E-state index in [1.807, 2.05) is 4.90 Å². The van der Waals surface area contributed by atoms with E-state index in [-0.39, 0.29) is 23.7 Å². The topological polar surface area (TPSA) is 49.4 Å². The molecule has 1 heterocycles. The Balaban J connectivity index is 1.38. The highest BCUT2D eigenvalue weighted by atomic mass is 16.2. The van der Waals surface area contributed by atoms with E-state index in [4.69, 9.17) is 0 Å². The number of carbonyl (C=O) groups is 2. The van der Waals surface area contributed by atoms with E-state index in [9.17, 15) is 9.59 Å². The number of hydrogen-bond acceptors (Lipinski definition) is 2. The van der Waals surface area contributed by atoms with Gasteiger partial charge in [-0.3, -0.25) is 9.59 Å². The molecule has 4 heteroatoms. The van der Waals surface area contributed by atoms with Crippen LogP contribution in [-0.4, -0.2) is 36.3 Å². The lowest BCUT2D eigenvalue weighted by atomic mass is 9.97. The van der Waals surface area contributed by atoms with Gasteiger partial charge in [0.2, 0.25) is 11.8 Å². The summed E-state index contributed by atoms with van der Waals surface area (Å²) in [6.45, 7) is 2.50. The Morgan fingerprint density at radius 1 is 1.04 bits per heavy atom. The molecule has 1 aliphatic heterocycles. The number of carbonyl (C=O) groups excluding carboxylic acids is 2. The highest BCUT2D eigenvalue weighted by Crippen LogP contribution is 2.40. The Kier molecular flexibility index (Phi) is 5.74. The number of nitrogens with zero attached hydrogens (tertiary/aromatic N) is 1. The monoisotopic (exact) mass is 318 g/mol. The quantitative estimate of drug-likeness (QED) is 0.792. The van der Waals surface area contributed by atoms with Gasteiger partial charge >= 0.3 is 0 Å². The molecule has 2 fully saturated rings. The van der Waals surface area contributed by atoms with Crippen LogP contribution in [0.25, 0.3) is 0 Å². The predicted molar refractivity (Wildman–Crippen MR) is 90.8 cm³/mol. The minimum Gasteiger partial charge on any atom is -0.356 e. The largest absolute Gasteiger partial charge is 0.356 e. The molecule has 2 aliphatic carbocycles. The van der Waals surface area contributed by atoms with E-state index in [2.05, 4.69) is 11.4 Å². The average Bonchev–Trinajstić information content (AvgIpc) is 3.39. The Bertz CT molecular complexity index is 464. The highest BCUT2D eigenvalue weighted by Gasteiger charge is 2.49. The second-order valence-corrected chi connectivity index (χ2v) is 7.34. The van der Waals surface area contributed by atoms with Gasteiger partial charge in [-0.15, -0.1) is 0 Å². The van der Waals surface area contributed by atoms with Crippen LogP contribution in [-0.2, 0) is 9.59 Å². The Morgan fingerprint density at radius 2 is 1.83 bits per heavy atom. The van der Waals surface area contributed by atoms with Gasteiger partial charge in [0.25, 0.3) is 0 Å². The molecule has 0 aromatic carbocycles. The van der Waals surface area contributed by atoms with Crippen LogP contribution in [0.3, 0.4) is 0 Å². The number of likely N-dealkylation sites (tertiary alicyclic amines) is 1. The first-order chi connectivity index (χ1) is 11.3. The molecule has 2 atom stereocenters. The third kappa shape index (κ3) is 4.58. The summed E-state index contributed by atoms with van der Waals surface area (Å²) in [7, 11) is 0. The normalized spacial score (nSPS) is 27.8. The van der Waals surface area contributed by atoms with Gasteiger partial charge in [-0.05, 0) is 51.4 Å². The van der Waals surface area contributed by atoms with Gasteiger partial charge < -0.3 is 10.2 Å². The van der Waals surface area contributed by atoms with E-state index in [1.54, 1.807) is 0 Å². The summed E-state index contributed by atoms with van der Waals surface area (Å²) in [5.74, 6) is 0.213. The average molecular weight is 318 g/mol. The maximum Gasteiger partial charge on any atom is 0.226 e. The number of amides is 2. The SMILES string of the molecule is O=C(NCCC1=CCCCC1)C1CC1C(=O)N1CCCCCC1. The Labute approximate surface area is 139 Å². The minimum atomic E-state index is -0.0638. The first-order valence-corrected chi connectivity index (χ1v) is 9.50. The summed E-state index contributed by atoms with van der Waals surface area (Å²) >= 11 is 0. The van der Waals surface area contributed by atoms with Crippen LogP contribution in [0.5, 0.6) is 0 Å². The van der Waals surface area contributed by atoms with Crippen molar-refractivity contribution >= 4 is 11.8 Å². The number of allylic oxidation sites excluding steroid dienone is 1. The fraction of sp³-hybridized carbons (Fsp3) is 0.789. The van der Waals surface area contributed by atoms with E-state index in [1.165, 1.54) is 44.1 Å². The van der Waals surface area contributed by atoms with Gasteiger partial charge in [-0.2, -0.15) is 0 Å². The van der Waals surface area contributed by atoms with E-state index in [0.29, 0.717) is 0 Å². The molecule has 0 aromatic heterocycles. The van der Waals surface area contributed by atoms with Crippen molar-refractivity contribution in [1.29, 1.82) is 0 Å². The first-order valence-electron chi connectivity index (χ1n) is 9.50. The smallest absolute Gasteiger partial charge is 0.226 e. The highest BCUT2D eigenvalue weighted by molar-refractivity contribution is 5.92. The van der Waals surface area contributed by atoms with Crippen molar-refractivity contribution in [1.82, 2.24) is 10.2 Å². The molecule has 2 unspecified atom stereocenters. The standard InChI is InChI=1S/C19H30N2O2/c22-18(20-11-10-15-8-4-3-5-9-15)16-14-17(16)19(23)21-12-6-1-2-7-13-21/h8,16-17H,1-7,9-14H2,(H,20,22). The third-order valence-corrected chi connectivity index (χ3v) is 5.49. The van der Waals surface area contributed by atoms with Crippen LogP contribution in [0, 0.1) is 11.8 Å². The first kappa shape index (κ1) is 16.5. The molecule has 1 saturated carbocycles. The van der Waals surface area contributed by atoms with Crippen LogP contribution < -0.4 is 5.32 Å². The Morgan fingerprint density at radius 3 is 2.52 bits per heavy atom. The van der Waals surface area contributed by atoms with E-state index < -0.39 is 0 Å².